The fraction of sp³-hybridized carbons (Fsp3) is 0.417. The van der Waals surface area contributed by atoms with Gasteiger partial charge < -0.3 is 9.47 Å². The number of carbonyl (C=O) groups is 1. The van der Waals surface area contributed by atoms with Crippen LogP contribution in [0.1, 0.15) is 20.8 Å². The molecule has 4 nitrogen and oxygen atoms in total. The van der Waals surface area contributed by atoms with Gasteiger partial charge >= 0.3 is 6.09 Å². The predicted molar refractivity (Wildman–Crippen MR) is 62.7 cm³/mol. The number of anilines is 1. The van der Waals surface area contributed by atoms with Crippen molar-refractivity contribution >= 4 is 11.8 Å². The van der Waals surface area contributed by atoms with Gasteiger partial charge in [-0.1, -0.05) is 0 Å². The van der Waals surface area contributed by atoms with Crippen LogP contribution in [-0.4, -0.2) is 18.8 Å². The number of halogens is 3. The molecule has 0 atom stereocenters. The van der Waals surface area contributed by atoms with Crippen molar-refractivity contribution in [3.8, 4) is 5.75 Å². The number of nitrogens with one attached hydrogen (secondary N) is 1. The van der Waals surface area contributed by atoms with Gasteiger partial charge in [-0.25, -0.2) is 13.6 Å². The topological polar surface area (TPSA) is 47.6 Å². The first-order valence-corrected chi connectivity index (χ1v) is 5.37. The highest BCUT2D eigenvalue weighted by atomic mass is 19.2. The summed E-state index contributed by atoms with van der Waals surface area (Å²) in [5, 5.41) is 1.99. The van der Waals surface area contributed by atoms with E-state index in [0.29, 0.717) is 6.07 Å². The zero-order valence-electron chi connectivity index (χ0n) is 10.9. The number of hydrogen-bond acceptors (Lipinski definition) is 3. The summed E-state index contributed by atoms with van der Waals surface area (Å²) in [7, 11) is 0.984. The van der Waals surface area contributed by atoms with Crippen LogP contribution in [0.2, 0.25) is 0 Å². The maximum atomic E-state index is 13.7. The zero-order valence-corrected chi connectivity index (χ0v) is 10.9. The lowest BCUT2D eigenvalue weighted by Crippen LogP contribution is -2.27. The van der Waals surface area contributed by atoms with Gasteiger partial charge in [-0.3, -0.25) is 5.32 Å². The Morgan fingerprint density at radius 1 is 1.21 bits per heavy atom. The fourth-order valence-corrected chi connectivity index (χ4v) is 1.26. The Morgan fingerprint density at radius 3 is 2.26 bits per heavy atom. The van der Waals surface area contributed by atoms with Crippen molar-refractivity contribution in [2.45, 2.75) is 26.4 Å². The van der Waals surface area contributed by atoms with Gasteiger partial charge in [0.15, 0.2) is 17.4 Å². The number of rotatable bonds is 2. The highest BCUT2D eigenvalue weighted by Crippen LogP contribution is 2.30. The normalized spacial score (nSPS) is 11.1. The number of amides is 1. The van der Waals surface area contributed by atoms with Crippen LogP contribution in [0.4, 0.5) is 23.7 Å². The standard InChI is InChI=1S/C12H14F3NO3/c1-12(2,3)19-11(17)16-7-5-6(13)8(14)10(18-4)9(7)15/h5H,1-4H3,(H,16,17). The molecule has 0 fully saturated rings. The van der Waals surface area contributed by atoms with Crippen LogP contribution in [0.3, 0.4) is 0 Å². The summed E-state index contributed by atoms with van der Waals surface area (Å²) in [6.45, 7) is 4.82. The van der Waals surface area contributed by atoms with Crippen molar-refractivity contribution in [1.29, 1.82) is 0 Å². The molecular formula is C12H14F3NO3. The van der Waals surface area contributed by atoms with Crippen LogP contribution >= 0.6 is 0 Å². The van der Waals surface area contributed by atoms with E-state index in [9.17, 15) is 18.0 Å². The smallest absolute Gasteiger partial charge is 0.412 e. The summed E-state index contributed by atoms with van der Waals surface area (Å²) < 4.78 is 49.3. The Bertz CT molecular complexity index is 498. The molecule has 1 aromatic rings. The van der Waals surface area contributed by atoms with Gasteiger partial charge in [0, 0.05) is 6.07 Å². The van der Waals surface area contributed by atoms with Crippen molar-refractivity contribution in [3.05, 3.63) is 23.5 Å². The molecule has 0 aliphatic heterocycles. The highest BCUT2D eigenvalue weighted by Gasteiger charge is 2.23. The molecule has 0 aromatic heterocycles. The van der Waals surface area contributed by atoms with Crippen molar-refractivity contribution in [3.63, 3.8) is 0 Å². The van der Waals surface area contributed by atoms with Crippen LogP contribution in [0.25, 0.3) is 0 Å². The fourth-order valence-electron chi connectivity index (χ4n) is 1.26. The zero-order chi connectivity index (χ0) is 14.8. The summed E-state index contributed by atoms with van der Waals surface area (Å²) in [6, 6.07) is 0.511. The number of benzene rings is 1. The van der Waals surface area contributed by atoms with Crippen LogP contribution in [-0.2, 0) is 4.74 Å². The average Bonchev–Trinajstić information content (AvgIpc) is 2.24. The summed E-state index contributed by atoms with van der Waals surface area (Å²) in [5.41, 5.74) is -1.37. The highest BCUT2D eigenvalue weighted by molar-refractivity contribution is 5.85. The third-order valence-electron chi connectivity index (χ3n) is 1.96. The van der Waals surface area contributed by atoms with Crippen molar-refractivity contribution in [2.75, 3.05) is 12.4 Å². The molecule has 0 saturated carbocycles. The van der Waals surface area contributed by atoms with Crippen molar-refractivity contribution in [1.82, 2.24) is 0 Å². The molecule has 1 rings (SSSR count). The quantitative estimate of drug-likeness (QED) is 0.842. The molecule has 0 aliphatic carbocycles. The maximum Gasteiger partial charge on any atom is 0.412 e. The summed E-state index contributed by atoms with van der Waals surface area (Å²) in [6.07, 6.45) is -0.987. The lowest BCUT2D eigenvalue weighted by molar-refractivity contribution is 0.0635. The van der Waals surface area contributed by atoms with Gasteiger partial charge in [-0.2, -0.15) is 4.39 Å². The molecule has 1 N–H and O–H groups in total. The number of hydrogen-bond donors (Lipinski definition) is 1. The predicted octanol–water partition coefficient (Wildman–Crippen LogP) is 3.46. The first kappa shape index (κ1) is 15.1. The van der Waals surface area contributed by atoms with Gasteiger partial charge in [0.25, 0.3) is 0 Å². The van der Waals surface area contributed by atoms with Crippen molar-refractivity contribution in [2.24, 2.45) is 0 Å². The molecule has 19 heavy (non-hydrogen) atoms. The minimum absolute atomic E-state index is 0.511. The lowest BCUT2D eigenvalue weighted by Gasteiger charge is -2.20. The Balaban J connectivity index is 3.03. The van der Waals surface area contributed by atoms with E-state index in [-0.39, 0.29) is 0 Å². The largest absolute Gasteiger partial charge is 0.491 e. The molecule has 1 amide bonds. The van der Waals surface area contributed by atoms with Gasteiger partial charge in [-0.05, 0) is 20.8 Å². The minimum Gasteiger partial charge on any atom is -0.491 e. The second-order valence-electron chi connectivity index (χ2n) is 4.69. The van der Waals surface area contributed by atoms with Gasteiger partial charge in [0.1, 0.15) is 5.60 Å². The molecule has 106 valence electrons. The first-order chi connectivity index (χ1) is 8.65. The summed E-state index contributed by atoms with van der Waals surface area (Å²) >= 11 is 0. The third-order valence-corrected chi connectivity index (χ3v) is 1.96. The van der Waals surface area contributed by atoms with Gasteiger partial charge in [0.05, 0.1) is 12.8 Å². The van der Waals surface area contributed by atoms with Crippen molar-refractivity contribution < 1.29 is 27.4 Å². The molecule has 0 heterocycles. The molecule has 0 unspecified atom stereocenters. The van der Waals surface area contributed by atoms with Gasteiger partial charge in [0.2, 0.25) is 5.82 Å². The maximum absolute atomic E-state index is 13.7. The molecule has 0 bridgehead atoms. The van der Waals surface area contributed by atoms with Crippen LogP contribution in [0.15, 0.2) is 6.07 Å². The van der Waals surface area contributed by atoms with E-state index >= 15 is 0 Å². The van der Waals surface area contributed by atoms with Gasteiger partial charge in [-0.15, -0.1) is 0 Å². The van der Waals surface area contributed by atoms with E-state index in [1.165, 1.54) is 0 Å². The van der Waals surface area contributed by atoms with E-state index in [2.05, 4.69) is 4.74 Å². The first-order valence-electron chi connectivity index (χ1n) is 5.37. The van der Waals surface area contributed by atoms with Crippen LogP contribution in [0.5, 0.6) is 5.75 Å². The Hall–Kier alpha value is -1.92. The minimum atomic E-state index is -1.46. The van der Waals surface area contributed by atoms with Crippen LogP contribution in [0, 0.1) is 17.5 Å². The summed E-state index contributed by atoms with van der Waals surface area (Å²) in [5.74, 6) is -4.93. The Morgan fingerprint density at radius 2 is 1.79 bits per heavy atom. The van der Waals surface area contributed by atoms with E-state index in [1.54, 1.807) is 20.8 Å². The van der Waals surface area contributed by atoms with E-state index < -0.39 is 40.6 Å². The molecule has 7 heteroatoms. The second kappa shape index (κ2) is 5.38. The van der Waals surface area contributed by atoms with E-state index in [0.717, 1.165) is 7.11 Å². The van der Waals surface area contributed by atoms with E-state index in [4.69, 9.17) is 4.74 Å². The lowest BCUT2D eigenvalue weighted by atomic mass is 10.2. The van der Waals surface area contributed by atoms with E-state index in [1.807, 2.05) is 5.32 Å². The molecule has 0 aliphatic rings. The SMILES string of the molecule is COc1c(F)c(F)cc(NC(=O)OC(C)(C)C)c1F. The second-order valence-corrected chi connectivity index (χ2v) is 4.69. The third kappa shape index (κ3) is 3.77. The monoisotopic (exact) mass is 277 g/mol. The summed E-state index contributed by atoms with van der Waals surface area (Å²) in [4.78, 5) is 11.4. The Labute approximate surface area is 108 Å². The molecular weight excluding hydrogens is 263 g/mol. The van der Waals surface area contributed by atoms with Crippen LogP contribution < -0.4 is 10.1 Å². The Kier molecular flexibility index (Phi) is 4.28. The number of carbonyl (C=O) groups excluding carboxylic acids is 1. The average molecular weight is 277 g/mol. The number of methoxy groups -OCH3 is 1. The number of ether oxygens (including phenoxy) is 2. The molecule has 1 aromatic carbocycles. The molecule has 0 spiro atoms. The molecule has 0 radical (unpaired) electrons. The molecule has 0 saturated heterocycles.